The van der Waals surface area contributed by atoms with Crippen molar-refractivity contribution < 1.29 is 4.39 Å². The number of benzene rings is 1. The molecule has 1 aromatic carbocycles. The van der Waals surface area contributed by atoms with Crippen LogP contribution >= 0.6 is 0 Å². The first-order valence-electron chi connectivity index (χ1n) is 5.79. The zero-order chi connectivity index (χ0) is 10.8. The summed E-state index contributed by atoms with van der Waals surface area (Å²) in [7, 11) is 0. The van der Waals surface area contributed by atoms with Crippen LogP contribution in [0.15, 0.2) is 18.2 Å². The zero-order valence-electron chi connectivity index (χ0n) is 9.39. The summed E-state index contributed by atoms with van der Waals surface area (Å²) in [5, 5.41) is 3.49. The summed E-state index contributed by atoms with van der Waals surface area (Å²) in [5.41, 5.74) is 2.50. The van der Waals surface area contributed by atoms with Gasteiger partial charge in [-0.15, -0.1) is 0 Å². The van der Waals surface area contributed by atoms with E-state index in [2.05, 4.69) is 19.2 Å². The van der Waals surface area contributed by atoms with Crippen molar-refractivity contribution in [3.63, 3.8) is 0 Å². The average molecular weight is 207 g/mol. The van der Waals surface area contributed by atoms with Crippen molar-refractivity contribution in [2.45, 2.75) is 38.6 Å². The topological polar surface area (TPSA) is 12.0 Å². The molecule has 0 aliphatic carbocycles. The molecule has 2 heteroatoms. The van der Waals surface area contributed by atoms with Gasteiger partial charge in [0.15, 0.2) is 0 Å². The third kappa shape index (κ3) is 1.91. The maximum absolute atomic E-state index is 13.2. The summed E-state index contributed by atoms with van der Waals surface area (Å²) in [5.74, 6) is 0.425. The van der Waals surface area contributed by atoms with Gasteiger partial charge >= 0.3 is 0 Å². The Labute approximate surface area is 90.7 Å². The molecule has 0 saturated heterocycles. The summed E-state index contributed by atoms with van der Waals surface area (Å²) in [6, 6.07) is 5.57. The Morgan fingerprint density at radius 2 is 2.07 bits per heavy atom. The molecule has 1 N–H and O–H groups in total. The van der Waals surface area contributed by atoms with Crippen LogP contribution in [0.4, 0.5) is 4.39 Å². The van der Waals surface area contributed by atoms with Gasteiger partial charge in [0.05, 0.1) is 0 Å². The molecule has 1 heterocycles. The molecular weight excluding hydrogens is 189 g/mol. The first kappa shape index (κ1) is 10.6. The Balaban J connectivity index is 2.43. The third-order valence-electron chi connectivity index (χ3n) is 3.38. The normalized spacial score (nSPS) is 25.0. The van der Waals surface area contributed by atoms with Crippen LogP contribution in [0.3, 0.4) is 0 Å². The molecule has 1 aliphatic rings. The fourth-order valence-electron chi connectivity index (χ4n) is 2.45. The van der Waals surface area contributed by atoms with E-state index in [0.717, 1.165) is 24.9 Å². The highest BCUT2D eigenvalue weighted by molar-refractivity contribution is 5.36. The van der Waals surface area contributed by atoms with Gasteiger partial charge in [0.25, 0.3) is 0 Å². The summed E-state index contributed by atoms with van der Waals surface area (Å²) < 4.78 is 13.2. The molecule has 2 unspecified atom stereocenters. The van der Waals surface area contributed by atoms with Crippen molar-refractivity contribution in [1.29, 1.82) is 0 Å². The van der Waals surface area contributed by atoms with Gasteiger partial charge in [0.2, 0.25) is 0 Å². The first-order chi connectivity index (χ1) is 7.26. The molecule has 0 radical (unpaired) electrons. The summed E-state index contributed by atoms with van der Waals surface area (Å²) >= 11 is 0. The van der Waals surface area contributed by atoms with Crippen LogP contribution in [0.1, 0.15) is 49.8 Å². The zero-order valence-corrected chi connectivity index (χ0v) is 9.39. The number of fused-ring (bicyclic) bond motifs is 1. The number of hydrogen-bond acceptors (Lipinski definition) is 1. The molecule has 0 aromatic heterocycles. The molecular formula is C13H18FN. The highest BCUT2D eigenvalue weighted by Gasteiger charge is 2.24. The Hall–Kier alpha value is -0.890. The number of rotatable bonds is 2. The van der Waals surface area contributed by atoms with Gasteiger partial charge in [0.1, 0.15) is 5.82 Å². The first-order valence-corrected chi connectivity index (χ1v) is 5.79. The predicted octanol–water partition coefficient (Wildman–Crippen LogP) is 3.37. The van der Waals surface area contributed by atoms with Crippen molar-refractivity contribution in [1.82, 2.24) is 5.32 Å². The van der Waals surface area contributed by atoms with Gasteiger partial charge in [0, 0.05) is 12.6 Å². The molecule has 0 saturated carbocycles. The van der Waals surface area contributed by atoms with Crippen LogP contribution in [-0.4, -0.2) is 6.54 Å². The second-order valence-electron chi connectivity index (χ2n) is 4.25. The van der Waals surface area contributed by atoms with E-state index in [4.69, 9.17) is 0 Å². The van der Waals surface area contributed by atoms with Crippen LogP contribution in [0, 0.1) is 5.82 Å². The van der Waals surface area contributed by atoms with Crippen molar-refractivity contribution in [3.05, 3.63) is 35.1 Å². The lowest BCUT2D eigenvalue weighted by molar-refractivity contribution is 0.435. The van der Waals surface area contributed by atoms with Gasteiger partial charge in [-0.2, -0.15) is 0 Å². The highest BCUT2D eigenvalue weighted by atomic mass is 19.1. The van der Waals surface area contributed by atoms with E-state index >= 15 is 0 Å². The number of halogens is 1. The van der Waals surface area contributed by atoms with Crippen LogP contribution < -0.4 is 5.32 Å². The molecule has 0 amide bonds. The predicted molar refractivity (Wildman–Crippen MR) is 60.5 cm³/mol. The largest absolute Gasteiger partial charge is 0.309 e. The quantitative estimate of drug-likeness (QED) is 0.784. The number of nitrogens with one attached hydrogen (secondary N) is 1. The van der Waals surface area contributed by atoms with Crippen molar-refractivity contribution in [3.8, 4) is 0 Å². The van der Waals surface area contributed by atoms with E-state index in [1.165, 1.54) is 5.56 Å². The minimum Gasteiger partial charge on any atom is -0.309 e. The maximum Gasteiger partial charge on any atom is 0.123 e. The van der Waals surface area contributed by atoms with E-state index in [-0.39, 0.29) is 5.82 Å². The lowest BCUT2D eigenvalue weighted by Gasteiger charge is -2.31. The molecule has 82 valence electrons. The smallest absolute Gasteiger partial charge is 0.123 e. The summed E-state index contributed by atoms with van der Waals surface area (Å²) in [6.07, 6.45) is 2.13. The molecule has 1 aromatic rings. The van der Waals surface area contributed by atoms with E-state index < -0.39 is 0 Å². The SMILES string of the molecule is CCC1CNC(CC)c2cc(F)ccc21. The second kappa shape index (κ2) is 4.31. The lowest BCUT2D eigenvalue weighted by atomic mass is 9.84. The molecule has 0 spiro atoms. The lowest BCUT2D eigenvalue weighted by Crippen LogP contribution is -2.32. The van der Waals surface area contributed by atoms with Crippen LogP contribution in [0.25, 0.3) is 0 Å². The molecule has 2 atom stereocenters. The fraction of sp³-hybridized carbons (Fsp3) is 0.538. The highest BCUT2D eigenvalue weighted by Crippen LogP contribution is 2.33. The van der Waals surface area contributed by atoms with E-state index in [1.54, 1.807) is 12.1 Å². The van der Waals surface area contributed by atoms with Crippen molar-refractivity contribution in [2.24, 2.45) is 0 Å². The van der Waals surface area contributed by atoms with E-state index in [1.807, 2.05) is 6.07 Å². The van der Waals surface area contributed by atoms with Gasteiger partial charge in [-0.05, 0) is 42.0 Å². The van der Waals surface area contributed by atoms with Crippen LogP contribution in [0.5, 0.6) is 0 Å². The molecule has 1 aliphatic heterocycles. The van der Waals surface area contributed by atoms with Crippen LogP contribution in [0.2, 0.25) is 0 Å². The van der Waals surface area contributed by atoms with Crippen molar-refractivity contribution in [2.75, 3.05) is 6.54 Å². The molecule has 15 heavy (non-hydrogen) atoms. The average Bonchev–Trinajstić information content (AvgIpc) is 2.27. The standard InChI is InChI=1S/C13H18FN/c1-3-9-8-15-13(4-2)12-7-10(14)5-6-11(9)12/h5-7,9,13,15H,3-4,8H2,1-2H3. The van der Waals surface area contributed by atoms with E-state index in [9.17, 15) is 4.39 Å². The Kier molecular flexibility index (Phi) is 3.06. The van der Waals surface area contributed by atoms with Gasteiger partial charge in [-0.1, -0.05) is 19.9 Å². The monoisotopic (exact) mass is 207 g/mol. The molecule has 2 rings (SSSR count). The molecule has 1 nitrogen and oxygen atoms in total. The van der Waals surface area contributed by atoms with Gasteiger partial charge < -0.3 is 5.32 Å². The Morgan fingerprint density at radius 3 is 2.73 bits per heavy atom. The fourth-order valence-corrected chi connectivity index (χ4v) is 2.45. The Bertz CT molecular complexity index is 348. The summed E-state index contributed by atoms with van der Waals surface area (Å²) in [6.45, 7) is 5.35. The van der Waals surface area contributed by atoms with E-state index in [0.29, 0.717) is 12.0 Å². The van der Waals surface area contributed by atoms with Crippen LogP contribution in [-0.2, 0) is 0 Å². The summed E-state index contributed by atoms with van der Waals surface area (Å²) in [4.78, 5) is 0. The third-order valence-corrected chi connectivity index (χ3v) is 3.38. The van der Waals surface area contributed by atoms with Crippen molar-refractivity contribution >= 4 is 0 Å². The van der Waals surface area contributed by atoms with Gasteiger partial charge in [-0.3, -0.25) is 0 Å². The molecule has 0 fully saturated rings. The second-order valence-corrected chi connectivity index (χ2v) is 4.25. The molecule has 0 bridgehead atoms. The number of hydrogen-bond donors (Lipinski definition) is 1. The minimum atomic E-state index is -0.120. The van der Waals surface area contributed by atoms with Gasteiger partial charge in [-0.25, -0.2) is 4.39 Å². The Morgan fingerprint density at radius 1 is 1.27 bits per heavy atom. The minimum absolute atomic E-state index is 0.120. The maximum atomic E-state index is 13.2.